The zero-order valence-corrected chi connectivity index (χ0v) is 12.4. The number of nitrogens with one attached hydrogen (secondary N) is 1. The summed E-state index contributed by atoms with van der Waals surface area (Å²) in [5, 5.41) is 17.0. The molecule has 2 atom stereocenters. The van der Waals surface area contributed by atoms with Crippen molar-refractivity contribution in [2.45, 2.75) is 18.4 Å². The number of piperidine rings is 1. The van der Waals surface area contributed by atoms with Gasteiger partial charge in [-0.25, -0.2) is 0 Å². The molecule has 2 N–H and O–H groups in total. The van der Waals surface area contributed by atoms with Gasteiger partial charge in [0.2, 0.25) is 6.79 Å². The molecule has 7 nitrogen and oxygen atoms in total. The number of benzene rings is 1. The Labute approximate surface area is 132 Å². The monoisotopic (exact) mass is 315 g/mol. The lowest BCUT2D eigenvalue weighted by atomic mass is 9.87. The van der Waals surface area contributed by atoms with Crippen LogP contribution in [-0.4, -0.2) is 52.1 Å². The Kier molecular flexibility index (Phi) is 3.42. The molecule has 4 rings (SSSR count). The molecular weight excluding hydrogens is 298 g/mol. The van der Waals surface area contributed by atoms with Gasteiger partial charge in [0.15, 0.2) is 11.5 Å². The third kappa shape index (κ3) is 2.53. The van der Waals surface area contributed by atoms with Gasteiger partial charge in [0.25, 0.3) is 5.91 Å². The van der Waals surface area contributed by atoms with Gasteiger partial charge in [0.05, 0.1) is 6.10 Å². The molecular formula is C16H17N3O4. The molecule has 23 heavy (non-hydrogen) atoms. The van der Waals surface area contributed by atoms with Crippen molar-refractivity contribution < 1.29 is 19.4 Å². The Bertz CT molecular complexity index is 716. The van der Waals surface area contributed by atoms with Crippen LogP contribution in [0.5, 0.6) is 11.5 Å². The molecule has 7 heteroatoms. The van der Waals surface area contributed by atoms with E-state index < -0.39 is 6.10 Å². The van der Waals surface area contributed by atoms with Crippen molar-refractivity contribution in [1.29, 1.82) is 0 Å². The second kappa shape index (κ2) is 5.58. The molecule has 1 saturated heterocycles. The van der Waals surface area contributed by atoms with Crippen molar-refractivity contribution in [2.24, 2.45) is 0 Å². The van der Waals surface area contributed by atoms with Crippen LogP contribution in [0, 0.1) is 0 Å². The lowest BCUT2D eigenvalue weighted by Crippen LogP contribution is -2.45. The van der Waals surface area contributed by atoms with Crippen LogP contribution in [0.25, 0.3) is 0 Å². The predicted molar refractivity (Wildman–Crippen MR) is 80.4 cm³/mol. The van der Waals surface area contributed by atoms with Gasteiger partial charge in [-0.15, -0.1) is 0 Å². The molecule has 0 unspecified atom stereocenters. The molecule has 0 bridgehead atoms. The number of β-amino-alcohol motifs (C(OH)–C–C–N with tert-alkyl or cyclic N) is 1. The standard InChI is InChI=1S/C16H17N3O4/c20-13-8-19(16(21)12-3-5-17-18-12)6-4-11(13)10-1-2-14-15(7-10)23-9-22-14/h1-3,5,7,11,13,20H,4,6,8-9H2,(H,17,18)/t11-,13+/m0/s1. The first kappa shape index (κ1) is 14.1. The Morgan fingerprint density at radius 3 is 2.96 bits per heavy atom. The highest BCUT2D eigenvalue weighted by molar-refractivity contribution is 5.92. The highest BCUT2D eigenvalue weighted by Crippen LogP contribution is 2.37. The molecule has 0 saturated carbocycles. The SMILES string of the molecule is O=C(c1ccn[nH]1)N1CC[C@@H](c2ccc3c(c2)OCO3)[C@H](O)C1. The number of aliphatic hydroxyl groups excluding tert-OH is 1. The summed E-state index contributed by atoms with van der Waals surface area (Å²) in [7, 11) is 0. The van der Waals surface area contributed by atoms with E-state index in [4.69, 9.17) is 9.47 Å². The fourth-order valence-corrected chi connectivity index (χ4v) is 3.19. The van der Waals surface area contributed by atoms with E-state index in [0.717, 1.165) is 11.3 Å². The summed E-state index contributed by atoms with van der Waals surface area (Å²) < 4.78 is 10.7. The van der Waals surface area contributed by atoms with Crippen LogP contribution in [-0.2, 0) is 0 Å². The van der Waals surface area contributed by atoms with Crippen LogP contribution in [0.15, 0.2) is 30.5 Å². The van der Waals surface area contributed by atoms with Crippen LogP contribution >= 0.6 is 0 Å². The first-order chi connectivity index (χ1) is 11.2. The van der Waals surface area contributed by atoms with Crippen molar-refractivity contribution >= 4 is 5.91 Å². The number of aromatic amines is 1. The Morgan fingerprint density at radius 1 is 1.30 bits per heavy atom. The molecule has 3 heterocycles. The van der Waals surface area contributed by atoms with Gasteiger partial charge in [0.1, 0.15) is 5.69 Å². The third-order valence-electron chi connectivity index (χ3n) is 4.43. The topological polar surface area (TPSA) is 87.7 Å². The second-order valence-electron chi connectivity index (χ2n) is 5.80. The van der Waals surface area contributed by atoms with Crippen molar-refractivity contribution in [2.75, 3.05) is 19.9 Å². The van der Waals surface area contributed by atoms with Crippen LogP contribution in [0.1, 0.15) is 28.4 Å². The molecule has 1 fully saturated rings. The lowest BCUT2D eigenvalue weighted by Gasteiger charge is -2.36. The Balaban J connectivity index is 1.48. The highest BCUT2D eigenvalue weighted by Gasteiger charge is 2.32. The molecule has 1 amide bonds. The number of hydrogen-bond acceptors (Lipinski definition) is 5. The Hall–Kier alpha value is -2.54. The third-order valence-corrected chi connectivity index (χ3v) is 4.43. The zero-order valence-electron chi connectivity index (χ0n) is 12.4. The highest BCUT2D eigenvalue weighted by atomic mass is 16.7. The van der Waals surface area contributed by atoms with Crippen LogP contribution in [0.2, 0.25) is 0 Å². The molecule has 0 spiro atoms. The van der Waals surface area contributed by atoms with E-state index >= 15 is 0 Å². The molecule has 1 aromatic heterocycles. The minimum Gasteiger partial charge on any atom is -0.454 e. The number of hydrogen-bond donors (Lipinski definition) is 2. The summed E-state index contributed by atoms with van der Waals surface area (Å²) in [5.74, 6) is 1.29. The van der Waals surface area contributed by atoms with Crippen molar-refractivity contribution in [3.63, 3.8) is 0 Å². The number of likely N-dealkylation sites (tertiary alicyclic amines) is 1. The molecule has 0 radical (unpaired) electrons. The first-order valence-electron chi connectivity index (χ1n) is 7.58. The van der Waals surface area contributed by atoms with Gasteiger partial charge in [-0.2, -0.15) is 5.10 Å². The van der Waals surface area contributed by atoms with Gasteiger partial charge >= 0.3 is 0 Å². The Morgan fingerprint density at radius 2 is 2.17 bits per heavy atom. The van der Waals surface area contributed by atoms with E-state index in [0.29, 0.717) is 31.0 Å². The van der Waals surface area contributed by atoms with E-state index in [9.17, 15) is 9.90 Å². The van der Waals surface area contributed by atoms with E-state index in [1.54, 1.807) is 17.2 Å². The average Bonchev–Trinajstić information content (AvgIpc) is 3.24. The number of nitrogens with zero attached hydrogens (tertiary/aromatic N) is 2. The van der Waals surface area contributed by atoms with Crippen molar-refractivity contribution in [1.82, 2.24) is 15.1 Å². The van der Waals surface area contributed by atoms with Crippen LogP contribution in [0.3, 0.4) is 0 Å². The van der Waals surface area contributed by atoms with Gasteiger partial charge in [-0.1, -0.05) is 6.07 Å². The van der Waals surface area contributed by atoms with Crippen LogP contribution in [0.4, 0.5) is 0 Å². The predicted octanol–water partition coefficient (Wildman–Crippen LogP) is 1.13. The summed E-state index contributed by atoms with van der Waals surface area (Å²) in [6.07, 6.45) is 1.62. The minimum absolute atomic E-state index is 0.0182. The first-order valence-corrected chi connectivity index (χ1v) is 7.58. The van der Waals surface area contributed by atoms with E-state index in [2.05, 4.69) is 10.2 Å². The number of carbonyl (C=O) groups is 1. The fraction of sp³-hybridized carbons (Fsp3) is 0.375. The summed E-state index contributed by atoms with van der Waals surface area (Å²) in [4.78, 5) is 14.0. The number of fused-ring (bicyclic) bond motifs is 1. The number of H-pyrrole nitrogens is 1. The fourth-order valence-electron chi connectivity index (χ4n) is 3.19. The molecule has 2 aromatic rings. The average molecular weight is 315 g/mol. The van der Waals surface area contributed by atoms with Gasteiger partial charge in [0, 0.05) is 25.2 Å². The van der Waals surface area contributed by atoms with Crippen molar-refractivity contribution in [3.05, 3.63) is 41.7 Å². The quantitative estimate of drug-likeness (QED) is 0.867. The van der Waals surface area contributed by atoms with Gasteiger partial charge in [-0.3, -0.25) is 9.89 Å². The smallest absolute Gasteiger partial charge is 0.271 e. The zero-order chi connectivity index (χ0) is 15.8. The summed E-state index contributed by atoms with van der Waals surface area (Å²) >= 11 is 0. The normalized spacial score (nSPS) is 23.1. The molecule has 120 valence electrons. The maximum atomic E-state index is 12.3. The largest absolute Gasteiger partial charge is 0.454 e. The lowest BCUT2D eigenvalue weighted by molar-refractivity contribution is 0.0377. The number of aliphatic hydroxyl groups is 1. The van der Waals surface area contributed by atoms with E-state index in [1.807, 2.05) is 18.2 Å². The summed E-state index contributed by atoms with van der Waals surface area (Å²) in [6, 6.07) is 7.38. The number of amides is 1. The van der Waals surface area contributed by atoms with E-state index in [1.165, 1.54) is 0 Å². The minimum atomic E-state index is -0.615. The maximum absolute atomic E-state index is 12.3. The number of aromatic nitrogens is 2. The second-order valence-corrected chi connectivity index (χ2v) is 5.80. The molecule has 1 aromatic carbocycles. The molecule has 2 aliphatic rings. The van der Waals surface area contributed by atoms with E-state index in [-0.39, 0.29) is 18.6 Å². The van der Waals surface area contributed by atoms with Gasteiger partial charge < -0.3 is 19.5 Å². The maximum Gasteiger partial charge on any atom is 0.271 e. The van der Waals surface area contributed by atoms with Gasteiger partial charge in [-0.05, 0) is 30.2 Å². The molecule has 0 aliphatic carbocycles. The number of ether oxygens (including phenoxy) is 2. The number of carbonyl (C=O) groups excluding carboxylic acids is 1. The summed E-state index contributed by atoms with van der Waals surface area (Å²) in [6.45, 7) is 1.13. The summed E-state index contributed by atoms with van der Waals surface area (Å²) in [5.41, 5.74) is 1.45. The molecule has 2 aliphatic heterocycles. The number of rotatable bonds is 2. The van der Waals surface area contributed by atoms with Crippen LogP contribution < -0.4 is 9.47 Å². The van der Waals surface area contributed by atoms with Crippen molar-refractivity contribution in [3.8, 4) is 11.5 Å².